The number of hydrogen-bond acceptors (Lipinski definition) is 7. The van der Waals surface area contributed by atoms with Gasteiger partial charge >= 0.3 is 0 Å². The fourth-order valence-electron chi connectivity index (χ4n) is 2.73. The molecule has 8 nitrogen and oxygen atoms in total. The highest BCUT2D eigenvalue weighted by molar-refractivity contribution is 5.34. The molecule has 1 aromatic carbocycles. The second-order valence-corrected chi connectivity index (χ2v) is 5.71. The number of rotatable bonds is 5. The molecule has 0 aliphatic carbocycles. The van der Waals surface area contributed by atoms with Crippen molar-refractivity contribution in [1.82, 2.24) is 19.9 Å². The molecule has 23 heavy (non-hydrogen) atoms. The maximum atomic E-state index is 10.8. The third kappa shape index (κ3) is 4.11. The van der Waals surface area contributed by atoms with Crippen molar-refractivity contribution in [2.24, 2.45) is 0 Å². The van der Waals surface area contributed by atoms with Crippen LogP contribution < -0.4 is 0 Å². The number of non-ortho nitro benzene ring substituents is 1. The van der Waals surface area contributed by atoms with E-state index in [0.29, 0.717) is 18.3 Å². The van der Waals surface area contributed by atoms with Crippen molar-refractivity contribution in [3.05, 3.63) is 51.7 Å². The van der Waals surface area contributed by atoms with E-state index in [-0.39, 0.29) is 10.6 Å². The van der Waals surface area contributed by atoms with E-state index in [1.807, 2.05) is 13.0 Å². The van der Waals surface area contributed by atoms with E-state index in [4.69, 9.17) is 4.52 Å². The van der Waals surface area contributed by atoms with Crippen molar-refractivity contribution in [2.75, 3.05) is 26.2 Å². The van der Waals surface area contributed by atoms with Crippen LogP contribution in [-0.2, 0) is 13.1 Å². The van der Waals surface area contributed by atoms with E-state index < -0.39 is 0 Å². The molecule has 1 fully saturated rings. The molecular weight excluding hydrogens is 298 g/mol. The Bertz CT molecular complexity index is 679. The molecule has 2 aromatic rings. The minimum Gasteiger partial charge on any atom is -0.338 e. The normalized spacial score (nSPS) is 16.6. The predicted octanol–water partition coefficient (Wildman–Crippen LogP) is 1.60. The highest BCUT2D eigenvalue weighted by Gasteiger charge is 2.19. The Morgan fingerprint density at radius 2 is 1.91 bits per heavy atom. The third-order valence-electron chi connectivity index (χ3n) is 3.92. The number of nitrogens with zero attached hydrogens (tertiary/aromatic N) is 5. The average molecular weight is 317 g/mol. The van der Waals surface area contributed by atoms with Crippen molar-refractivity contribution >= 4 is 5.69 Å². The maximum Gasteiger partial charge on any atom is 0.269 e. The lowest BCUT2D eigenvalue weighted by molar-refractivity contribution is -0.384. The van der Waals surface area contributed by atoms with Crippen molar-refractivity contribution < 1.29 is 9.45 Å². The summed E-state index contributed by atoms with van der Waals surface area (Å²) in [5, 5.41) is 14.6. The lowest BCUT2D eigenvalue weighted by Gasteiger charge is -2.33. The number of aryl methyl sites for hydroxylation is 1. The van der Waals surface area contributed by atoms with Gasteiger partial charge in [0.2, 0.25) is 5.89 Å². The Hall–Kier alpha value is -2.32. The van der Waals surface area contributed by atoms with Gasteiger partial charge in [-0.25, -0.2) is 0 Å². The quantitative estimate of drug-likeness (QED) is 0.611. The molecule has 1 aliphatic rings. The smallest absolute Gasteiger partial charge is 0.269 e. The predicted molar refractivity (Wildman–Crippen MR) is 82.7 cm³/mol. The van der Waals surface area contributed by atoms with Crippen molar-refractivity contribution in [1.29, 1.82) is 0 Å². The minimum atomic E-state index is -0.353. The van der Waals surface area contributed by atoms with E-state index in [1.165, 1.54) is 6.07 Å². The van der Waals surface area contributed by atoms with Crippen LogP contribution in [0.3, 0.4) is 0 Å². The van der Waals surface area contributed by atoms with E-state index in [2.05, 4.69) is 19.9 Å². The largest absolute Gasteiger partial charge is 0.338 e. The van der Waals surface area contributed by atoms with Crippen LogP contribution in [0.15, 0.2) is 28.8 Å². The monoisotopic (exact) mass is 317 g/mol. The van der Waals surface area contributed by atoms with Crippen molar-refractivity contribution in [3.63, 3.8) is 0 Å². The molecule has 1 aliphatic heterocycles. The van der Waals surface area contributed by atoms with Crippen LogP contribution >= 0.6 is 0 Å². The zero-order valence-electron chi connectivity index (χ0n) is 13.0. The van der Waals surface area contributed by atoms with Gasteiger partial charge in [0.05, 0.1) is 11.5 Å². The van der Waals surface area contributed by atoms with Gasteiger partial charge < -0.3 is 4.52 Å². The van der Waals surface area contributed by atoms with Crippen molar-refractivity contribution in [3.8, 4) is 0 Å². The summed E-state index contributed by atoms with van der Waals surface area (Å²) in [6.45, 7) is 6.86. The number of nitro groups is 1. The van der Waals surface area contributed by atoms with Gasteiger partial charge in [-0.2, -0.15) is 4.98 Å². The van der Waals surface area contributed by atoms with Gasteiger partial charge in [-0.05, 0) is 12.5 Å². The topological polar surface area (TPSA) is 88.5 Å². The van der Waals surface area contributed by atoms with Crippen LogP contribution in [0.2, 0.25) is 0 Å². The SMILES string of the molecule is Cc1noc(CN2CCN(Cc3cccc([N+](=O)[O-])c3)CC2)n1. The second kappa shape index (κ2) is 6.84. The summed E-state index contributed by atoms with van der Waals surface area (Å²) in [6, 6.07) is 6.84. The molecular formula is C15H19N5O3. The number of benzene rings is 1. The molecule has 0 bridgehead atoms. The van der Waals surface area contributed by atoms with Gasteiger partial charge in [0.15, 0.2) is 5.82 Å². The van der Waals surface area contributed by atoms with E-state index in [0.717, 1.165) is 38.3 Å². The first-order chi connectivity index (χ1) is 11.1. The fourth-order valence-corrected chi connectivity index (χ4v) is 2.73. The zero-order chi connectivity index (χ0) is 16.2. The molecule has 122 valence electrons. The van der Waals surface area contributed by atoms with Crippen LogP contribution in [0.5, 0.6) is 0 Å². The van der Waals surface area contributed by atoms with Crippen LogP contribution in [0.1, 0.15) is 17.3 Å². The molecule has 3 rings (SSSR count). The van der Waals surface area contributed by atoms with E-state index in [9.17, 15) is 10.1 Å². The molecule has 8 heteroatoms. The molecule has 0 radical (unpaired) electrons. The summed E-state index contributed by atoms with van der Waals surface area (Å²) >= 11 is 0. The maximum absolute atomic E-state index is 10.8. The summed E-state index contributed by atoms with van der Waals surface area (Å²) in [5.74, 6) is 1.30. The number of hydrogen-bond donors (Lipinski definition) is 0. The van der Waals surface area contributed by atoms with Gasteiger partial charge in [-0.15, -0.1) is 0 Å². The first-order valence-electron chi connectivity index (χ1n) is 7.57. The Morgan fingerprint density at radius 3 is 2.52 bits per heavy atom. The average Bonchev–Trinajstić information content (AvgIpc) is 2.94. The van der Waals surface area contributed by atoms with Gasteiger partial charge in [0, 0.05) is 44.9 Å². The van der Waals surface area contributed by atoms with Crippen LogP contribution in [0, 0.1) is 17.0 Å². The van der Waals surface area contributed by atoms with Gasteiger partial charge in [-0.1, -0.05) is 17.3 Å². The molecule has 1 saturated heterocycles. The van der Waals surface area contributed by atoms with Gasteiger partial charge in [0.25, 0.3) is 5.69 Å². The van der Waals surface area contributed by atoms with Crippen LogP contribution in [0.4, 0.5) is 5.69 Å². The highest BCUT2D eigenvalue weighted by Crippen LogP contribution is 2.16. The second-order valence-electron chi connectivity index (χ2n) is 5.71. The lowest BCUT2D eigenvalue weighted by atomic mass is 10.1. The van der Waals surface area contributed by atoms with E-state index >= 15 is 0 Å². The Morgan fingerprint density at radius 1 is 1.22 bits per heavy atom. The molecule has 0 atom stereocenters. The van der Waals surface area contributed by atoms with Crippen molar-refractivity contribution in [2.45, 2.75) is 20.0 Å². The first kappa shape index (κ1) is 15.6. The standard InChI is InChI=1S/C15H19N5O3/c1-12-16-15(23-17-12)11-19-7-5-18(6-8-19)10-13-3-2-4-14(9-13)20(21)22/h2-4,9H,5-8,10-11H2,1H3. The third-order valence-corrected chi connectivity index (χ3v) is 3.92. The lowest BCUT2D eigenvalue weighted by Crippen LogP contribution is -2.45. The molecule has 0 spiro atoms. The molecule has 2 heterocycles. The summed E-state index contributed by atoms with van der Waals surface area (Å²) < 4.78 is 5.14. The fraction of sp³-hybridized carbons (Fsp3) is 0.467. The summed E-state index contributed by atoms with van der Waals surface area (Å²) in [4.78, 5) is 19.3. The molecule has 1 aromatic heterocycles. The van der Waals surface area contributed by atoms with Gasteiger partial charge in [-0.3, -0.25) is 19.9 Å². The first-order valence-corrected chi connectivity index (χ1v) is 7.57. The minimum absolute atomic E-state index is 0.146. The number of piperazine rings is 1. The number of aromatic nitrogens is 2. The van der Waals surface area contributed by atoms with Gasteiger partial charge in [0.1, 0.15) is 0 Å². The summed E-state index contributed by atoms with van der Waals surface area (Å²) in [5.41, 5.74) is 1.12. The zero-order valence-corrected chi connectivity index (χ0v) is 13.0. The molecule has 0 amide bonds. The Kier molecular flexibility index (Phi) is 4.63. The molecule has 0 N–H and O–H groups in total. The number of nitro benzene ring substituents is 1. The van der Waals surface area contributed by atoms with Crippen LogP contribution in [-0.4, -0.2) is 51.0 Å². The summed E-state index contributed by atoms with van der Waals surface area (Å²) in [7, 11) is 0. The Labute approximate surface area is 133 Å². The van der Waals surface area contributed by atoms with Crippen LogP contribution in [0.25, 0.3) is 0 Å². The molecule has 0 unspecified atom stereocenters. The summed E-state index contributed by atoms with van der Waals surface area (Å²) in [6.07, 6.45) is 0. The molecule has 0 saturated carbocycles. The van der Waals surface area contributed by atoms with E-state index in [1.54, 1.807) is 12.1 Å². The Balaban J connectivity index is 1.51. The highest BCUT2D eigenvalue weighted by atomic mass is 16.6.